The van der Waals surface area contributed by atoms with Gasteiger partial charge in [-0.05, 0) is 30.3 Å². The van der Waals surface area contributed by atoms with Crippen molar-refractivity contribution in [2.75, 3.05) is 0 Å². The van der Waals surface area contributed by atoms with Crippen LogP contribution in [-0.2, 0) is 0 Å². The van der Waals surface area contributed by atoms with Crippen LogP contribution in [0.3, 0.4) is 0 Å². The molecule has 22 heavy (non-hydrogen) atoms. The van der Waals surface area contributed by atoms with Crippen molar-refractivity contribution < 1.29 is 34.4 Å². The van der Waals surface area contributed by atoms with E-state index in [1.165, 1.54) is 36.4 Å². The molecule has 0 unspecified atom stereocenters. The molecule has 0 fully saturated rings. The Morgan fingerprint density at radius 3 is 2.09 bits per heavy atom. The van der Waals surface area contributed by atoms with Crippen LogP contribution in [-0.4, -0.2) is 33.2 Å². The molecule has 0 saturated heterocycles. The van der Waals surface area contributed by atoms with Crippen molar-refractivity contribution in [1.82, 2.24) is 0 Å². The first-order valence-electron chi connectivity index (χ1n) is 6.01. The van der Waals surface area contributed by atoms with E-state index in [1.807, 2.05) is 0 Å². The molecule has 0 radical (unpaired) electrons. The van der Waals surface area contributed by atoms with Gasteiger partial charge in [0.1, 0.15) is 17.1 Å². The summed E-state index contributed by atoms with van der Waals surface area (Å²) in [5.41, 5.74) is -0.959. The second kappa shape index (κ2) is 5.96. The van der Waals surface area contributed by atoms with E-state index in [2.05, 4.69) is 0 Å². The highest BCUT2D eigenvalue weighted by Crippen LogP contribution is 2.28. The number of hydrogen-bond acceptors (Lipinski definition) is 4. The van der Waals surface area contributed by atoms with Gasteiger partial charge in [-0.1, -0.05) is 12.1 Å². The Kier molecular flexibility index (Phi) is 4.08. The average molecular weight is 302 g/mol. The molecule has 0 aliphatic carbocycles. The van der Waals surface area contributed by atoms with Crippen LogP contribution >= 0.6 is 0 Å². The zero-order chi connectivity index (χ0) is 16.3. The molecule has 0 atom stereocenters. The highest BCUT2D eigenvalue weighted by atomic mass is 16.5. The van der Waals surface area contributed by atoms with Crippen LogP contribution < -0.4 is 4.74 Å². The van der Waals surface area contributed by atoms with Crippen molar-refractivity contribution in [3.63, 3.8) is 0 Å². The highest BCUT2D eigenvalue weighted by molar-refractivity contribution is 6.03. The van der Waals surface area contributed by atoms with Crippen LogP contribution in [0, 0.1) is 0 Å². The van der Waals surface area contributed by atoms with Crippen LogP contribution in [0.4, 0.5) is 0 Å². The first kappa shape index (κ1) is 15.0. The zero-order valence-electron chi connectivity index (χ0n) is 11.0. The summed E-state index contributed by atoms with van der Waals surface area (Å²) in [5.74, 6) is -4.12. The lowest BCUT2D eigenvalue weighted by atomic mass is 10.1. The Hall–Kier alpha value is -3.35. The minimum atomic E-state index is -1.46. The summed E-state index contributed by atoms with van der Waals surface area (Å²) < 4.78 is 5.34. The number of carboxylic acids is 3. The van der Waals surface area contributed by atoms with Crippen LogP contribution in [0.1, 0.15) is 31.1 Å². The van der Waals surface area contributed by atoms with E-state index in [1.54, 1.807) is 0 Å². The zero-order valence-corrected chi connectivity index (χ0v) is 11.0. The average Bonchev–Trinajstić information content (AvgIpc) is 2.46. The molecule has 0 aliphatic rings. The third-order valence-corrected chi connectivity index (χ3v) is 2.78. The summed E-state index contributed by atoms with van der Waals surface area (Å²) in [6.45, 7) is 0. The van der Waals surface area contributed by atoms with Gasteiger partial charge in [-0.2, -0.15) is 0 Å². The maximum absolute atomic E-state index is 11.3. The van der Waals surface area contributed by atoms with Gasteiger partial charge >= 0.3 is 17.9 Å². The van der Waals surface area contributed by atoms with Crippen molar-refractivity contribution in [2.45, 2.75) is 0 Å². The summed E-state index contributed by atoms with van der Waals surface area (Å²) in [4.78, 5) is 33.2. The van der Waals surface area contributed by atoms with Crippen LogP contribution in [0.2, 0.25) is 0 Å². The Morgan fingerprint density at radius 1 is 0.818 bits per heavy atom. The number of rotatable bonds is 5. The van der Waals surface area contributed by atoms with Crippen LogP contribution in [0.15, 0.2) is 42.5 Å². The lowest BCUT2D eigenvalue weighted by molar-refractivity contribution is 0.0649. The molecule has 2 rings (SSSR count). The second-order valence-electron chi connectivity index (χ2n) is 4.22. The lowest BCUT2D eigenvalue weighted by Crippen LogP contribution is -2.09. The first-order chi connectivity index (χ1) is 10.4. The fraction of sp³-hybridized carbons (Fsp3) is 0. The Bertz CT molecular complexity index is 764. The van der Waals surface area contributed by atoms with Gasteiger partial charge in [0, 0.05) is 0 Å². The summed E-state index contributed by atoms with van der Waals surface area (Å²) in [5, 5.41) is 27.1. The SMILES string of the molecule is O=C(O)c1cccc(Oc2cccc(C(=O)O)c2C(=O)O)c1. The molecule has 0 aromatic heterocycles. The predicted molar refractivity (Wildman–Crippen MR) is 73.8 cm³/mol. The van der Waals surface area contributed by atoms with Crippen molar-refractivity contribution in [3.05, 3.63) is 59.2 Å². The maximum Gasteiger partial charge on any atom is 0.340 e. The first-order valence-corrected chi connectivity index (χ1v) is 6.01. The highest BCUT2D eigenvalue weighted by Gasteiger charge is 2.21. The molecule has 2 aromatic rings. The minimum Gasteiger partial charge on any atom is -0.478 e. The Balaban J connectivity index is 2.48. The molecule has 0 saturated carbocycles. The minimum absolute atomic E-state index is 0.0382. The number of hydrogen-bond donors (Lipinski definition) is 3. The van der Waals surface area contributed by atoms with Crippen LogP contribution in [0.5, 0.6) is 11.5 Å². The van der Waals surface area contributed by atoms with Gasteiger partial charge in [0.05, 0.1) is 11.1 Å². The largest absolute Gasteiger partial charge is 0.478 e. The van der Waals surface area contributed by atoms with E-state index in [4.69, 9.17) is 14.9 Å². The number of ether oxygens (including phenoxy) is 1. The molecular formula is C15H10O7. The van der Waals surface area contributed by atoms with Crippen molar-refractivity contribution in [1.29, 1.82) is 0 Å². The molecule has 7 heteroatoms. The van der Waals surface area contributed by atoms with Gasteiger partial charge in [0.2, 0.25) is 0 Å². The van der Waals surface area contributed by atoms with Gasteiger partial charge in [-0.25, -0.2) is 14.4 Å². The number of aromatic carboxylic acids is 3. The molecule has 3 N–H and O–H groups in total. The Labute approximate surface area is 124 Å². The Morgan fingerprint density at radius 2 is 1.50 bits per heavy atom. The molecule has 0 heterocycles. The second-order valence-corrected chi connectivity index (χ2v) is 4.22. The van der Waals surface area contributed by atoms with E-state index in [-0.39, 0.29) is 17.1 Å². The van der Waals surface area contributed by atoms with Gasteiger partial charge in [-0.15, -0.1) is 0 Å². The van der Waals surface area contributed by atoms with E-state index < -0.39 is 29.0 Å². The number of carboxylic acid groups (broad SMARTS) is 3. The van der Waals surface area contributed by atoms with E-state index >= 15 is 0 Å². The normalized spacial score (nSPS) is 10.0. The predicted octanol–water partition coefficient (Wildman–Crippen LogP) is 2.57. The third kappa shape index (κ3) is 3.04. The van der Waals surface area contributed by atoms with Gasteiger partial charge in [0.25, 0.3) is 0 Å². The van der Waals surface area contributed by atoms with E-state index in [0.717, 1.165) is 6.07 Å². The molecular weight excluding hydrogens is 292 g/mol. The fourth-order valence-electron chi connectivity index (χ4n) is 1.83. The van der Waals surface area contributed by atoms with E-state index in [9.17, 15) is 19.5 Å². The standard InChI is InChI=1S/C15H10O7/c16-13(17)8-3-1-4-9(7-8)22-11-6-2-5-10(14(18)19)12(11)15(20)21/h1-7H,(H,16,17)(H,18,19)(H,20,21). The van der Waals surface area contributed by atoms with Crippen molar-refractivity contribution in [3.8, 4) is 11.5 Å². The van der Waals surface area contributed by atoms with Crippen molar-refractivity contribution in [2.24, 2.45) is 0 Å². The monoisotopic (exact) mass is 302 g/mol. The molecule has 0 amide bonds. The molecule has 2 aromatic carbocycles. The van der Waals surface area contributed by atoms with Gasteiger partial charge < -0.3 is 20.1 Å². The third-order valence-electron chi connectivity index (χ3n) is 2.78. The smallest absolute Gasteiger partial charge is 0.340 e. The molecule has 0 spiro atoms. The van der Waals surface area contributed by atoms with E-state index in [0.29, 0.717) is 0 Å². The summed E-state index contributed by atoms with van der Waals surface area (Å²) >= 11 is 0. The summed E-state index contributed by atoms with van der Waals surface area (Å²) in [6.07, 6.45) is 0. The molecule has 7 nitrogen and oxygen atoms in total. The summed E-state index contributed by atoms with van der Waals surface area (Å²) in [6, 6.07) is 9.20. The number of carbonyl (C=O) groups is 3. The molecule has 0 bridgehead atoms. The molecule has 112 valence electrons. The lowest BCUT2D eigenvalue weighted by Gasteiger charge is -2.11. The molecule has 0 aliphatic heterocycles. The quantitative estimate of drug-likeness (QED) is 0.776. The topological polar surface area (TPSA) is 121 Å². The van der Waals surface area contributed by atoms with Gasteiger partial charge in [0.15, 0.2) is 0 Å². The van der Waals surface area contributed by atoms with Crippen LogP contribution in [0.25, 0.3) is 0 Å². The van der Waals surface area contributed by atoms with Crippen molar-refractivity contribution >= 4 is 17.9 Å². The number of benzene rings is 2. The van der Waals surface area contributed by atoms with Gasteiger partial charge in [-0.3, -0.25) is 0 Å². The fourth-order valence-corrected chi connectivity index (χ4v) is 1.83. The maximum atomic E-state index is 11.3. The summed E-state index contributed by atoms with van der Waals surface area (Å²) in [7, 11) is 0.